The Balaban J connectivity index is 1.63. The van der Waals surface area contributed by atoms with E-state index in [0.717, 1.165) is 16.7 Å². The average molecular weight is 611 g/mol. The number of primary amides is 1. The number of nitrogens with one attached hydrogen (secondary N) is 1. The van der Waals surface area contributed by atoms with Crippen LogP contribution in [0.2, 0.25) is 0 Å². The molecule has 0 spiro atoms. The lowest BCUT2D eigenvalue weighted by Gasteiger charge is -2.47. The number of aliphatic hydroxyl groups excluding tert-OH is 1. The smallest absolute Gasteiger partial charge is 0.404 e. The van der Waals surface area contributed by atoms with Crippen molar-refractivity contribution in [2.75, 3.05) is 12.4 Å². The molecule has 1 aromatic heterocycles. The fraction of sp³-hybridized carbons (Fsp3) is 0.406. The van der Waals surface area contributed by atoms with Crippen LogP contribution in [0.1, 0.15) is 54.7 Å². The third-order valence-electron chi connectivity index (χ3n) is 7.60. The summed E-state index contributed by atoms with van der Waals surface area (Å²) < 4.78 is 28.0. The van der Waals surface area contributed by atoms with Gasteiger partial charge >= 0.3 is 11.7 Å². The third-order valence-corrected chi connectivity index (χ3v) is 7.60. The Morgan fingerprint density at radius 3 is 2.50 bits per heavy atom. The molecular weight excluding hydrogens is 572 g/mol. The summed E-state index contributed by atoms with van der Waals surface area (Å²) in [5, 5.41) is 24.6. The van der Waals surface area contributed by atoms with Gasteiger partial charge in [-0.2, -0.15) is 0 Å². The molecule has 1 saturated heterocycles. The number of methoxy groups -OCH3 is 1. The minimum atomic E-state index is -1.50. The summed E-state index contributed by atoms with van der Waals surface area (Å²) in [7, 11) is 1.38. The highest BCUT2D eigenvalue weighted by atomic mass is 16.7. The number of carbonyl (C=O) groups excluding carboxylic acids is 2. The summed E-state index contributed by atoms with van der Waals surface area (Å²) in [6, 6.07) is 8.12. The van der Waals surface area contributed by atoms with E-state index < -0.39 is 59.3 Å². The van der Waals surface area contributed by atoms with E-state index in [1.165, 1.54) is 19.2 Å². The molecule has 2 aromatic carbocycles. The number of aliphatic hydroxyl groups is 1. The lowest BCUT2D eigenvalue weighted by Crippen LogP contribution is -2.65. The Morgan fingerprint density at radius 2 is 1.86 bits per heavy atom. The fourth-order valence-electron chi connectivity index (χ4n) is 5.21. The highest BCUT2D eigenvalue weighted by Gasteiger charge is 2.53. The fourth-order valence-corrected chi connectivity index (χ4v) is 5.21. The summed E-state index contributed by atoms with van der Waals surface area (Å²) >= 11 is 0. The van der Waals surface area contributed by atoms with Gasteiger partial charge < -0.3 is 44.6 Å². The Bertz CT molecular complexity index is 1670. The monoisotopic (exact) mass is 610 g/mol. The molecule has 2 heterocycles. The molecule has 0 aliphatic carbocycles. The lowest BCUT2D eigenvalue weighted by atomic mass is 9.89. The molecule has 236 valence electrons. The minimum absolute atomic E-state index is 0.00777. The van der Waals surface area contributed by atoms with Crippen molar-refractivity contribution in [3.8, 4) is 11.5 Å². The summed E-state index contributed by atoms with van der Waals surface area (Å²) in [6.07, 6.45) is -3.33. The molecule has 44 heavy (non-hydrogen) atoms. The molecule has 1 fully saturated rings. The van der Waals surface area contributed by atoms with Gasteiger partial charge in [0.05, 0.1) is 11.0 Å². The van der Waals surface area contributed by atoms with Crippen LogP contribution < -0.4 is 21.4 Å². The summed E-state index contributed by atoms with van der Waals surface area (Å²) in [4.78, 5) is 37.6. The third kappa shape index (κ3) is 6.57. The van der Waals surface area contributed by atoms with Crippen LogP contribution in [0.15, 0.2) is 51.2 Å². The predicted molar refractivity (Wildman–Crippen MR) is 162 cm³/mol. The molecule has 4 rings (SSSR count). The number of allylic oxidation sites excluding steroid dienone is 2. The van der Waals surface area contributed by atoms with Crippen molar-refractivity contribution in [1.82, 2.24) is 0 Å². The number of nitrogens with two attached hydrogens (primary N) is 1. The van der Waals surface area contributed by atoms with E-state index >= 15 is 0 Å². The van der Waals surface area contributed by atoms with Gasteiger partial charge in [-0.25, -0.2) is 9.59 Å². The second-order valence-electron chi connectivity index (χ2n) is 11.5. The first-order chi connectivity index (χ1) is 20.6. The first-order valence-electron chi connectivity index (χ1n) is 14.0. The topological polar surface area (TPSA) is 180 Å². The molecule has 0 saturated carbocycles. The normalized spacial score (nSPS) is 21.0. The van der Waals surface area contributed by atoms with Gasteiger partial charge in [0.2, 0.25) is 6.29 Å². The number of benzene rings is 2. The van der Waals surface area contributed by atoms with E-state index in [0.29, 0.717) is 17.5 Å². The van der Waals surface area contributed by atoms with E-state index in [2.05, 4.69) is 11.4 Å². The van der Waals surface area contributed by atoms with Crippen LogP contribution in [0.3, 0.4) is 0 Å². The molecule has 0 unspecified atom stereocenters. The molecule has 3 aromatic rings. The number of hydrogen-bond donors (Lipinski definition) is 4. The van der Waals surface area contributed by atoms with Crippen molar-refractivity contribution in [1.29, 1.82) is 0 Å². The van der Waals surface area contributed by atoms with Crippen molar-refractivity contribution >= 4 is 28.7 Å². The zero-order valence-corrected chi connectivity index (χ0v) is 25.7. The molecule has 2 amide bonds. The summed E-state index contributed by atoms with van der Waals surface area (Å²) in [6.45, 7) is 10.8. The van der Waals surface area contributed by atoms with Crippen LogP contribution in [0.25, 0.3) is 11.0 Å². The van der Waals surface area contributed by atoms with Crippen LogP contribution in [-0.4, -0.2) is 59.5 Å². The second-order valence-corrected chi connectivity index (χ2v) is 11.5. The molecular formula is C32H38N2O10. The second kappa shape index (κ2) is 12.7. The van der Waals surface area contributed by atoms with Crippen LogP contribution in [0, 0.1) is 13.8 Å². The van der Waals surface area contributed by atoms with Crippen molar-refractivity contribution in [2.45, 2.75) is 78.2 Å². The van der Waals surface area contributed by atoms with Crippen molar-refractivity contribution in [2.24, 2.45) is 5.73 Å². The SMILES string of the molecule is CO[C@@H]1[C@@H](OC(N)=O)[C@@H](O)[C@H](Oc2ccc3c(O)c(NC(=O)c4ccc(C)c(CC=C(C)C)c4)c(=O)oc3c2C)OC1(C)C. The predicted octanol–water partition coefficient (Wildman–Crippen LogP) is 4.23. The van der Waals surface area contributed by atoms with Crippen LogP contribution in [-0.2, 0) is 20.6 Å². The van der Waals surface area contributed by atoms with E-state index in [1.54, 1.807) is 32.9 Å². The zero-order valence-electron chi connectivity index (χ0n) is 25.7. The summed E-state index contributed by atoms with van der Waals surface area (Å²) in [5.41, 5.74) is 6.47. The molecule has 0 radical (unpaired) electrons. The van der Waals surface area contributed by atoms with Crippen molar-refractivity contribution in [3.05, 3.63) is 74.7 Å². The number of rotatable bonds is 8. The zero-order chi connectivity index (χ0) is 32.5. The quantitative estimate of drug-likeness (QED) is 0.213. The van der Waals surface area contributed by atoms with Gasteiger partial charge in [0.1, 0.15) is 17.4 Å². The first kappa shape index (κ1) is 32.5. The number of anilines is 1. The van der Waals surface area contributed by atoms with Crippen LogP contribution >= 0.6 is 0 Å². The van der Waals surface area contributed by atoms with Crippen molar-refractivity contribution in [3.63, 3.8) is 0 Å². The Labute approximate surface area is 254 Å². The van der Waals surface area contributed by atoms with E-state index in [4.69, 9.17) is 29.1 Å². The number of fused-ring (bicyclic) bond motifs is 1. The standard InChI is InChI=1S/C32H38N2O10/c1-15(2)8-10-18-14-19(11-9-16(18)3)28(37)34-22-23(35)20-12-13-21(17(4)25(20)42-29(22)38)41-30-24(36)26(43-31(33)39)27(40-7)32(5,6)44-30/h8-9,11-14,24,26-27,30,35-36H,10H2,1-7H3,(H2,33,39)(H,34,37)/t24-,26+,27-,30-/m1/s1. The number of carbonyl (C=O) groups is 2. The first-order valence-corrected chi connectivity index (χ1v) is 14.0. The summed E-state index contributed by atoms with van der Waals surface area (Å²) in [5.74, 6) is -0.923. The Morgan fingerprint density at radius 1 is 1.16 bits per heavy atom. The van der Waals surface area contributed by atoms with Gasteiger partial charge in [0.15, 0.2) is 23.6 Å². The Kier molecular flexibility index (Phi) is 9.38. The van der Waals surface area contributed by atoms with E-state index in [-0.39, 0.29) is 16.7 Å². The molecule has 4 atom stereocenters. The molecule has 1 aliphatic heterocycles. The number of aryl methyl sites for hydroxylation is 2. The minimum Gasteiger partial charge on any atom is -0.505 e. The molecule has 1 aliphatic rings. The molecule has 12 nitrogen and oxygen atoms in total. The van der Waals surface area contributed by atoms with Gasteiger partial charge in [-0.05, 0) is 83.4 Å². The van der Waals surface area contributed by atoms with Crippen LogP contribution in [0.5, 0.6) is 11.5 Å². The average Bonchev–Trinajstić information content (AvgIpc) is 2.94. The van der Waals surface area contributed by atoms with Gasteiger partial charge in [0.25, 0.3) is 5.91 Å². The van der Waals surface area contributed by atoms with Gasteiger partial charge in [-0.1, -0.05) is 17.7 Å². The lowest BCUT2D eigenvalue weighted by molar-refractivity contribution is -0.304. The van der Waals surface area contributed by atoms with Crippen molar-refractivity contribution < 1.29 is 43.2 Å². The van der Waals surface area contributed by atoms with Gasteiger partial charge in [-0.15, -0.1) is 0 Å². The maximum atomic E-state index is 13.1. The van der Waals surface area contributed by atoms with E-state index in [1.807, 2.05) is 26.8 Å². The number of amides is 2. The number of hydrogen-bond acceptors (Lipinski definition) is 10. The molecule has 0 bridgehead atoms. The number of ether oxygens (including phenoxy) is 4. The molecule has 5 N–H and O–H groups in total. The highest BCUT2D eigenvalue weighted by molar-refractivity contribution is 6.06. The maximum absolute atomic E-state index is 13.1. The number of aromatic hydroxyl groups is 1. The van der Waals surface area contributed by atoms with Gasteiger partial charge in [-0.3, -0.25) is 4.79 Å². The molecule has 12 heteroatoms. The highest BCUT2D eigenvalue weighted by Crippen LogP contribution is 2.38. The Hall–Kier alpha value is -4.39. The maximum Gasteiger partial charge on any atom is 0.404 e. The van der Waals surface area contributed by atoms with Gasteiger partial charge in [0, 0.05) is 18.2 Å². The largest absolute Gasteiger partial charge is 0.505 e. The van der Waals surface area contributed by atoms with E-state index in [9.17, 15) is 24.6 Å². The van der Waals surface area contributed by atoms with Crippen LogP contribution in [0.4, 0.5) is 10.5 Å².